The van der Waals surface area contributed by atoms with Crippen molar-refractivity contribution in [3.8, 4) is 0 Å². The minimum atomic E-state index is -0.0524. The molecule has 0 saturated heterocycles. The average Bonchev–Trinajstić information content (AvgIpc) is 2.62. The molecule has 0 aliphatic carbocycles. The largest absolute Gasteiger partial charge is 0.394 e. The zero-order valence-corrected chi connectivity index (χ0v) is 11.0. The molecule has 18 heavy (non-hydrogen) atoms. The number of aromatic nitrogens is 2. The van der Waals surface area contributed by atoms with Crippen molar-refractivity contribution in [2.45, 2.75) is 26.8 Å². The highest BCUT2D eigenvalue weighted by molar-refractivity contribution is 5.75. The van der Waals surface area contributed by atoms with E-state index in [2.05, 4.69) is 10.4 Å². The molecule has 0 fully saturated rings. The van der Waals surface area contributed by atoms with Crippen LogP contribution in [0.15, 0.2) is 6.07 Å². The highest BCUT2D eigenvalue weighted by atomic mass is 16.5. The number of aryl methyl sites for hydroxylation is 2. The second kappa shape index (κ2) is 7.84. The molecule has 0 radical (unpaired) electrons. The number of ether oxygens (including phenoxy) is 1. The third-order valence-corrected chi connectivity index (χ3v) is 2.42. The minimum absolute atomic E-state index is 0.0320. The van der Waals surface area contributed by atoms with Crippen LogP contribution in [0.25, 0.3) is 0 Å². The molecule has 0 aliphatic heterocycles. The van der Waals surface area contributed by atoms with Crippen LogP contribution in [0.3, 0.4) is 0 Å². The van der Waals surface area contributed by atoms with Gasteiger partial charge in [0.2, 0.25) is 5.91 Å². The van der Waals surface area contributed by atoms with Crippen LogP contribution in [0.2, 0.25) is 0 Å². The lowest BCUT2D eigenvalue weighted by molar-refractivity contribution is -0.121. The van der Waals surface area contributed by atoms with Gasteiger partial charge in [-0.15, -0.1) is 0 Å². The van der Waals surface area contributed by atoms with Gasteiger partial charge in [-0.2, -0.15) is 5.10 Å². The number of amides is 1. The van der Waals surface area contributed by atoms with E-state index in [1.54, 1.807) is 4.68 Å². The zero-order valence-electron chi connectivity index (χ0n) is 11.0. The smallest absolute Gasteiger partial charge is 0.241 e. The summed E-state index contributed by atoms with van der Waals surface area (Å²) in [6.45, 7) is 5.57. The van der Waals surface area contributed by atoms with Crippen molar-refractivity contribution < 1.29 is 14.6 Å². The van der Waals surface area contributed by atoms with Crippen LogP contribution in [0.4, 0.5) is 0 Å². The molecule has 1 heterocycles. The Bertz CT molecular complexity index is 377. The van der Waals surface area contributed by atoms with E-state index in [1.165, 1.54) is 0 Å². The van der Waals surface area contributed by atoms with Crippen molar-refractivity contribution in [2.75, 3.05) is 26.4 Å². The second-order valence-corrected chi connectivity index (χ2v) is 4.12. The van der Waals surface area contributed by atoms with Gasteiger partial charge in [-0.05, 0) is 26.3 Å². The van der Waals surface area contributed by atoms with Crippen molar-refractivity contribution in [1.29, 1.82) is 0 Å². The number of hydrogen-bond acceptors (Lipinski definition) is 4. The lowest BCUT2D eigenvalue weighted by Crippen LogP contribution is -2.29. The van der Waals surface area contributed by atoms with Gasteiger partial charge >= 0.3 is 0 Å². The maximum absolute atomic E-state index is 11.6. The van der Waals surface area contributed by atoms with Gasteiger partial charge in [-0.3, -0.25) is 9.48 Å². The number of carbonyl (C=O) groups excluding carboxylic acids is 1. The molecule has 0 aliphatic rings. The number of aliphatic hydroxyl groups excluding tert-OH is 1. The lowest BCUT2D eigenvalue weighted by atomic mass is 10.4. The maximum atomic E-state index is 11.6. The molecule has 0 bridgehead atoms. The summed E-state index contributed by atoms with van der Waals surface area (Å²) in [4.78, 5) is 11.6. The summed E-state index contributed by atoms with van der Waals surface area (Å²) < 4.78 is 6.77. The van der Waals surface area contributed by atoms with Crippen molar-refractivity contribution in [3.63, 3.8) is 0 Å². The monoisotopic (exact) mass is 255 g/mol. The molecule has 0 aromatic carbocycles. The molecule has 0 spiro atoms. The SMILES string of the molecule is Cc1cc(C)n(CC(=O)NCCCOCCO)n1. The molecular weight excluding hydrogens is 234 g/mol. The van der Waals surface area contributed by atoms with E-state index in [1.807, 2.05) is 19.9 Å². The first kappa shape index (κ1) is 14.7. The quantitative estimate of drug-likeness (QED) is 0.642. The molecule has 1 aromatic heterocycles. The van der Waals surface area contributed by atoms with Crippen molar-refractivity contribution >= 4 is 5.91 Å². The van der Waals surface area contributed by atoms with Crippen LogP contribution in [0.5, 0.6) is 0 Å². The molecular formula is C12H21N3O3. The number of rotatable bonds is 8. The van der Waals surface area contributed by atoms with E-state index < -0.39 is 0 Å². The molecule has 0 saturated carbocycles. The maximum Gasteiger partial charge on any atom is 0.241 e. The van der Waals surface area contributed by atoms with Gasteiger partial charge in [-0.1, -0.05) is 0 Å². The molecule has 2 N–H and O–H groups in total. The summed E-state index contributed by atoms with van der Waals surface area (Å²) in [6.07, 6.45) is 0.739. The molecule has 102 valence electrons. The van der Waals surface area contributed by atoms with Crippen molar-refractivity contribution in [2.24, 2.45) is 0 Å². The summed E-state index contributed by atoms with van der Waals surface area (Å²) >= 11 is 0. The molecule has 0 atom stereocenters. The first-order valence-corrected chi connectivity index (χ1v) is 6.10. The molecule has 0 unspecified atom stereocenters. The summed E-state index contributed by atoms with van der Waals surface area (Å²) in [6, 6.07) is 1.94. The molecule has 1 rings (SSSR count). The van der Waals surface area contributed by atoms with Crippen LogP contribution in [0, 0.1) is 13.8 Å². The van der Waals surface area contributed by atoms with Gasteiger partial charge in [0.05, 0.1) is 18.9 Å². The summed E-state index contributed by atoms with van der Waals surface area (Å²) in [5, 5.41) is 15.5. The highest BCUT2D eigenvalue weighted by Gasteiger charge is 2.06. The van der Waals surface area contributed by atoms with E-state index in [4.69, 9.17) is 9.84 Å². The average molecular weight is 255 g/mol. The molecule has 1 aromatic rings. The summed E-state index contributed by atoms with van der Waals surface area (Å²) in [7, 11) is 0. The molecule has 6 nitrogen and oxygen atoms in total. The Kier molecular flexibility index (Phi) is 6.38. The normalized spacial score (nSPS) is 10.6. The topological polar surface area (TPSA) is 76.4 Å². The van der Waals surface area contributed by atoms with E-state index in [0.717, 1.165) is 17.8 Å². The Morgan fingerprint density at radius 3 is 2.89 bits per heavy atom. The van der Waals surface area contributed by atoms with E-state index in [9.17, 15) is 4.79 Å². The Labute approximate surface area is 107 Å². The predicted molar refractivity (Wildman–Crippen MR) is 67.2 cm³/mol. The molecule has 6 heteroatoms. The fourth-order valence-electron chi connectivity index (χ4n) is 1.60. The Hall–Kier alpha value is -1.40. The van der Waals surface area contributed by atoms with Gasteiger partial charge in [0.1, 0.15) is 6.54 Å². The summed E-state index contributed by atoms with van der Waals surface area (Å²) in [5.74, 6) is -0.0524. The lowest BCUT2D eigenvalue weighted by Gasteiger charge is -2.07. The van der Waals surface area contributed by atoms with Gasteiger partial charge < -0.3 is 15.2 Å². The van der Waals surface area contributed by atoms with Crippen LogP contribution >= 0.6 is 0 Å². The van der Waals surface area contributed by atoms with E-state index >= 15 is 0 Å². The number of carbonyl (C=O) groups is 1. The van der Waals surface area contributed by atoms with Crippen molar-refractivity contribution in [1.82, 2.24) is 15.1 Å². The van der Waals surface area contributed by atoms with Gasteiger partial charge in [-0.25, -0.2) is 0 Å². The first-order chi connectivity index (χ1) is 8.63. The standard InChI is InChI=1S/C12H21N3O3/c1-10-8-11(2)15(14-10)9-12(17)13-4-3-6-18-7-5-16/h8,16H,3-7,9H2,1-2H3,(H,13,17). The second-order valence-electron chi connectivity index (χ2n) is 4.12. The zero-order chi connectivity index (χ0) is 13.4. The number of nitrogens with one attached hydrogen (secondary N) is 1. The minimum Gasteiger partial charge on any atom is -0.394 e. The van der Waals surface area contributed by atoms with Crippen molar-refractivity contribution in [3.05, 3.63) is 17.5 Å². The van der Waals surface area contributed by atoms with E-state index in [-0.39, 0.29) is 19.1 Å². The number of aliphatic hydroxyl groups is 1. The van der Waals surface area contributed by atoms with Gasteiger partial charge in [0.15, 0.2) is 0 Å². The van der Waals surface area contributed by atoms with Crippen LogP contribution in [0.1, 0.15) is 17.8 Å². The Morgan fingerprint density at radius 1 is 1.50 bits per heavy atom. The number of hydrogen-bond donors (Lipinski definition) is 2. The van der Waals surface area contributed by atoms with Gasteiger partial charge in [0, 0.05) is 18.8 Å². The van der Waals surface area contributed by atoms with E-state index in [0.29, 0.717) is 19.8 Å². The first-order valence-electron chi connectivity index (χ1n) is 6.10. The number of nitrogens with zero attached hydrogens (tertiary/aromatic N) is 2. The Morgan fingerprint density at radius 2 is 2.28 bits per heavy atom. The van der Waals surface area contributed by atoms with Crippen LogP contribution < -0.4 is 5.32 Å². The fraction of sp³-hybridized carbons (Fsp3) is 0.667. The Balaban J connectivity index is 2.16. The fourth-order valence-corrected chi connectivity index (χ4v) is 1.60. The third kappa shape index (κ3) is 5.29. The van der Waals surface area contributed by atoms with Crippen LogP contribution in [-0.4, -0.2) is 47.2 Å². The third-order valence-electron chi connectivity index (χ3n) is 2.42. The predicted octanol–water partition coefficient (Wildman–Crippen LogP) is 0.0151. The van der Waals surface area contributed by atoms with Crippen LogP contribution in [-0.2, 0) is 16.1 Å². The van der Waals surface area contributed by atoms with Gasteiger partial charge in [0.25, 0.3) is 0 Å². The highest BCUT2D eigenvalue weighted by Crippen LogP contribution is 2.00. The molecule has 1 amide bonds. The summed E-state index contributed by atoms with van der Waals surface area (Å²) in [5.41, 5.74) is 1.90.